The highest BCUT2D eigenvalue weighted by Gasteiger charge is 2.37. The topological polar surface area (TPSA) is 58.7 Å². The first-order chi connectivity index (χ1) is 10.8. The maximum atomic E-state index is 13.3. The van der Waals surface area contributed by atoms with Crippen LogP contribution >= 0.6 is 22.9 Å². The summed E-state index contributed by atoms with van der Waals surface area (Å²) in [6.45, 7) is 1.89. The van der Waals surface area contributed by atoms with Crippen LogP contribution in [0.25, 0.3) is 11.1 Å². The van der Waals surface area contributed by atoms with Gasteiger partial charge in [0.1, 0.15) is 11.4 Å². The normalized spacial score (nSPS) is 21.5. The molecular weight excluding hydrogens is 337 g/mol. The van der Waals surface area contributed by atoms with Crippen molar-refractivity contribution in [3.63, 3.8) is 0 Å². The Morgan fingerprint density at radius 1 is 1.39 bits per heavy atom. The van der Waals surface area contributed by atoms with Gasteiger partial charge in [-0.3, -0.25) is 9.69 Å². The van der Waals surface area contributed by atoms with Gasteiger partial charge in [0.05, 0.1) is 11.4 Å². The van der Waals surface area contributed by atoms with Crippen LogP contribution in [0.5, 0.6) is 0 Å². The number of amides is 1. The molecule has 2 aromatic rings. The van der Waals surface area contributed by atoms with Gasteiger partial charge in [-0.25, -0.2) is 9.38 Å². The Kier molecular flexibility index (Phi) is 3.90. The SMILES string of the molecule is CN1C(=O)C[C@@](C)(c2cc(-c3ccc(F)c(Cl)c3)cs2)N=C1N. The lowest BCUT2D eigenvalue weighted by atomic mass is 9.93. The van der Waals surface area contributed by atoms with Crippen LogP contribution in [-0.2, 0) is 10.3 Å². The highest BCUT2D eigenvalue weighted by Crippen LogP contribution is 2.39. The molecule has 1 atom stereocenters. The number of guanidine groups is 1. The first-order valence-electron chi connectivity index (χ1n) is 6.96. The van der Waals surface area contributed by atoms with Gasteiger partial charge >= 0.3 is 0 Å². The molecule has 1 aliphatic heterocycles. The Labute approximate surface area is 142 Å². The van der Waals surface area contributed by atoms with Gasteiger partial charge in [0.25, 0.3) is 0 Å². The third-order valence-corrected chi connectivity index (χ3v) is 5.43. The molecule has 0 saturated carbocycles. The van der Waals surface area contributed by atoms with Gasteiger partial charge in [0.2, 0.25) is 5.91 Å². The van der Waals surface area contributed by atoms with Crippen LogP contribution in [0.4, 0.5) is 4.39 Å². The van der Waals surface area contributed by atoms with Crippen LogP contribution in [0.1, 0.15) is 18.2 Å². The fraction of sp³-hybridized carbons (Fsp3) is 0.250. The summed E-state index contributed by atoms with van der Waals surface area (Å²) in [5, 5.41) is 2.02. The molecule has 120 valence electrons. The first-order valence-corrected chi connectivity index (χ1v) is 8.22. The monoisotopic (exact) mass is 351 g/mol. The Bertz CT molecular complexity index is 819. The zero-order valence-corrected chi connectivity index (χ0v) is 14.2. The zero-order chi connectivity index (χ0) is 16.8. The summed E-state index contributed by atoms with van der Waals surface area (Å²) in [7, 11) is 1.61. The number of carbonyl (C=O) groups is 1. The number of hydrogen-bond donors (Lipinski definition) is 1. The van der Waals surface area contributed by atoms with E-state index in [2.05, 4.69) is 4.99 Å². The minimum atomic E-state index is -0.680. The number of nitrogens with zero attached hydrogens (tertiary/aromatic N) is 2. The van der Waals surface area contributed by atoms with E-state index in [1.54, 1.807) is 19.2 Å². The van der Waals surface area contributed by atoms with Crippen molar-refractivity contribution in [2.45, 2.75) is 18.9 Å². The van der Waals surface area contributed by atoms with E-state index in [1.807, 2.05) is 18.4 Å². The van der Waals surface area contributed by atoms with Crippen LogP contribution in [0.3, 0.4) is 0 Å². The van der Waals surface area contributed by atoms with Gasteiger partial charge in [-0.15, -0.1) is 11.3 Å². The number of halogens is 2. The van der Waals surface area contributed by atoms with Crippen LogP contribution < -0.4 is 5.73 Å². The van der Waals surface area contributed by atoms with Crippen LogP contribution in [0.2, 0.25) is 5.02 Å². The molecule has 2 heterocycles. The predicted octanol–water partition coefficient (Wildman–Crippen LogP) is 3.60. The highest BCUT2D eigenvalue weighted by molar-refractivity contribution is 7.10. The Balaban J connectivity index is 1.98. The minimum absolute atomic E-state index is 0.0697. The van der Waals surface area contributed by atoms with Gasteiger partial charge in [-0.2, -0.15) is 0 Å². The highest BCUT2D eigenvalue weighted by atomic mass is 35.5. The molecular formula is C16H15ClFN3OS. The van der Waals surface area contributed by atoms with Gasteiger partial charge in [-0.1, -0.05) is 17.7 Å². The molecule has 0 fully saturated rings. The fourth-order valence-corrected chi connectivity index (χ4v) is 3.70. The lowest BCUT2D eigenvalue weighted by molar-refractivity contribution is -0.128. The minimum Gasteiger partial charge on any atom is -0.369 e. The van der Waals surface area contributed by atoms with E-state index in [9.17, 15) is 9.18 Å². The molecule has 2 N–H and O–H groups in total. The van der Waals surface area contributed by atoms with E-state index in [1.165, 1.54) is 22.3 Å². The van der Waals surface area contributed by atoms with E-state index in [0.717, 1.165) is 16.0 Å². The van der Waals surface area contributed by atoms with Crippen molar-refractivity contribution in [3.05, 3.63) is 45.4 Å². The molecule has 1 aromatic heterocycles. The van der Waals surface area contributed by atoms with Crippen molar-refractivity contribution >= 4 is 34.8 Å². The van der Waals surface area contributed by atoms with Crippen LogP contribution in [0, 0.1) is 5.82 Å². The Morgan fingerprint density at radius 3 is 2.78 bits per heavy atom. The summed E-state index contributed by atoms with van der Waals surface area (Å²) in [6, 6.07) is 6.55. The number of nitrogens with two attached hydrogens (primary N) is 1. The third kappa shape index (κ3) is 2.84. The maximum absolute atomic E-state index is 13.3. The number of carbonyl (C=O) groups excluding carboxylic acids is 1. The third-order valence-electron chi connectivity index (χ3n) is 3.96. The molecule has 0 unspecified atom stereocenters. The summed E-state index contributed by atoms with van der Waals surface area (Å²) in [5.74, 6) is -0.306. The molecule has 0 bridgehead atoms. The van der Waals surface area contributed by atoms with E-state index in [-0.39, 0.29) is 23.3 Å². The van der Waals surface area contributed by atoms with Crippen molar-refractivity contribution < 1.29 is 9.18 Å². The summed E-state index contributed by atoms with van der Waals surface area (Å²) >= 11 is 7.34. The smallest absolute Gasteiger partial charge is 0.231 e. The second-order valence-electron chi connectivity index (χ2n) is 5.70. The van der Waals surface area contributed by atoms with Crippen molar-refractivity contribution in [1.29, 1.82) is 0 Å². The predicted molar refractivity (Wildman–Crippen MR) is 91.1 cm³/mol. The van der Waals surface area contributed by atoms with Gasteiger partial charge in [0.15, 0.2) is 5.96 Å². The maximum Gasteiger partial charge on any atom is 0.231 e. The van der Waals surface area contributed by atoms with E-state index in [0.29, 0.717) is 0 Å². The number of aliphatic imine (C=N–C) groups is 1. The molecule has 0 spiro atoms. The van der Waals surface area contributed by atoms with E-state index >= 15 is 0 Å². The average Bonchev–Trinajstić information content (AvgIpc) is 2.98. The van der Waals surface area contributed by atoms with Crippen molar-refractivity contribution in [3.8, 4) is 11.1 Å². The van der Waals surface area contributed by atoms with Crippen LogP contribution in [-0.4, -0.2) is 23.8 Å². The fourth-order valence-electron chi connectivity index (χ4n) is 2.50. The first kappa shape index (κ1) is 16.0. The molecule has 4 nitrogen and oxygen atoms in total. The number of rotatable bonds is 2. The van der Waals surface area contributed by atoms with Crippen molar-refractivity contribution in [1.82, 2.24) is 4.90 Å². The number of benzene rings is 1. The zero-order valence-electron chi connectivity index (χ0n) is 12.6. The number of hydrogen-bond acceptors (Lipinski definition) is 4. The van der Waals surface area contributed by atoms with Gasteiger partial charge in [0, 0.05) is 11.9 Å². The summed E-state index contributed by atoms with van der Waals surface area (Å²) in [6.07, 6.45) is 0.258. The molecule has 1 aliphatic rings. The standard InChI is InChI=1S/C16H15ClFN3OS/c1-16(7-14(22)21(2)15(19)20-16)13-6-10(8-23-13)9-3-4-12(18)11(17)5-9/h3-6,8H,7H2,1-2H3,(H2,19,20)/t16-/m0/s1. The summed E-state index contributed by atoms with van der Waals surface area (Å²) < 4.78 is 13.3. The van der Waals surface area contributed by atoms with E-state index in [4.69, 9.17) is 17.3 Å². The van der Waals surface area contributed by atoms with Crippen LogP contribution in [0.15, 0.2) is 34.6 Å². The average molecular weight is 352 g/mol. The lowest BCUT2D eigenvalue weighted by Crippen LogP contribution is -2.47. The molecule has 0 aliphatic carbocycles. The largest absolute Gasteiger partial charge is 0.369 e. The van der Waals surface area contributed by atoms with E-state index < -0.39 is 11.4 Å². The number of thiophene rings is 1. The molecule has 1 amide bonds. The Morgan fingerprint density at radius 2 is 2.13 bits per heavy atom. The summed E-state index contributed by atoms with van der Waals surface area (Å²) in [5.41, 5.74) is 6.89. The molecule has 1 aromatic carbocycles. The molecule has 0 saturated heterocycles. The molecule has 0 radical (unpaired) electrons. The second kappa shape index (κ2) is 5.62. The van der Waals surface area contributed by atoms with Crippen molar-refractivity contribution in [2.75, 3.05) is 7.05 Å². The molecule has 3 rings (SSSR count). The van der Waals surface area contributed by atoms with Gasteiger partial charge in [-0.05, 0) is 41.6 Å². The Hall–Kier alpha value is -1.92. The molecule has 7 heteroatoms. The molecule has 23 heavy (non-hydrogen) atoms. The quantitative estimate of drug-likeness (QED) is 0.898. The van der Waals surface area contributed by atoms with Gasteiger partial charge < -0.3 is 5.73 Å². The lowest BCUT2D eigenvalue weighted by Gasteiger charge is -2.32. The summed E-state index contributed by atoms with van der Waals surface area (Å²) in [4.78, 5) is 18.8. The van der Waals surface area contributed by atoms with Crippen molar-refractivity contribution in [2.24, 2.45) is 10.7 Å². The second-order valence-corrected chi connectivity index (χ2v) is 7.02.